The van der Waals surface area contributed by atoms with E-state index in [9.17, 15) is 5.11 Å². The summed E-state index contributed by atoms with van der Waals surface area (Å²) >= 11 is 1.79. The maximum atomic E-state index is 10.1. The predicted octanol–water partition coefficient (Wildman–Crippen LogP) is 4.05. The van der Waals surface area contributed by atoms with Crippen molar-refractivity contribution in [2.75, 3.05) is 0 Å². The molecule has 0 aliphatic heterocycles. The summed E-state index contributed by atoms with van der Waals surface area (Å²) in [6.07, 6.45) is 0. The van der Waals surface area contributed by atoms with Gasteiger partial charge in [0.05, 0.1) is 5.60 Å². The summed E-state index contributed by atoms with van der Waals surface area (Å²) in [6, 6.07) is 14.7. The first-order valence-corrected chi connectivity index (χ1v) is 7.73. The summed E-state index contributed by atoms with van der Waals surface area (Å²) < 4.78 is 0. The van der Waals surface area contributed by atoms with Crippen LogP contribution >= 0.6 is 11.3 Å². The third-order valence-electron chi connectivity index (χ3n) is 3.95. The quantitative estimate of drug-likeness (QED) is 0.870. The van der Waals surface area contributed by atoms with Crippen molar-refractivity contribution in [2.45, 2.75) is 45.4 Å². The fourth-order valence-electron chi connectivity index (χ4n) is 1.75. The molecule has 2 aromatic rings. The van der Waals surface area contributed by atoms with Crippen LogP contribution in [0.25, 0.3) is 10.4 Å². The molecule has 0 saturated heterocycles. The van der Waals surface area contributed by atoms with Crippen LogP contribution in [0.5, 0.6) is 0 Å². The summed E-state index contributed by atoms with van der Waals surface area (Å²) in [6.45, 7) is 8.50. The molecular formula is C17H23NOS. The summed E-state index contributed by atoms with van der Waals surface area (Å²) in [5, 5.41) is 13.6. The molecule has 2 rings (SSSR count). The lowest BCUT2D eigenvalue weighted by Crippen LogP contribution is -2.55. The molecule has 0 amide bonds. The van der Waals surface area contributed by atoms with E-state index in [1.54, 1.807) is 11.3 Å². The Morgan fingerprint density at radius 1 is 1.00 bits per heavy atom. The van der Waals surface area contributed by atoms with Gasteiger partial charge in [0.15, 0.2) is 0 Å². The highest BCUT2D eigenvalue weighted by atomic mass is 32.1. The molecule has 108 valence electrons. The second-order valence-corrected chi connectivity index (χ2v) is 7.34. The Morgan fingerprint density at radius 2 is 1.65 bits per heavy atom. The molecule has 0 bridgehead atoms. The SMILES string of the molecule is CC(C)(O)C(C)(C)NCc1ccc(-c2ccccc2)s1. The molecule has 1 aromatic carbocycles. The average molecular weight is 289 g/mol. The molecule has 2 N–H and O–H groups in total. The Hall–Kier alpha value is -1.16. The smallest absolute Gasteiger partial charge is 0.0767 e. The third-order valence-corrected chi connectivity index (χ3v) is 5.09. The van der Waals surface area contributed by atoms with Crippen LogP contribution in [0, 0.1) is 0 Å². The number of hydrogen-bond acceptors (Lipinski definition) is 3. The van der Waals surface area contributed by atoms with Crippen molar-refractivity contribution in [3.05, 3.63) is 47.3 Å². The van der Waals surface area contributed by atoms with Gasteiger partial charge >= 0.3 is 0 Å². The second-order valence-electron chi connectivity index (χ2n) is 6.17. The van der Waals surface area contributed by atoms with Crippen LogP contribution in [0.3, 0.4) is 0 Å². The first kappa shape index (κ1) is 15.2. The van der Waals surface area contributed by atoms with Crippen molar-refractivity contribution in [1.82, 2.24) is 5.32 Å². The number of thiophene rings is 1. The maximum Gasteiger partial charge on any atom is 0.0767 e. The molecule has 2 nitrogen and oxygen atoms in total. The minimum Gasteiger partial charge on any atom is -0.389 e. The Labute approximate surface area is 125 Å². The van der Waals surface area contributed by atoms with E-state index in [2.05, 4.69) is 41.7 Å². The molecular weight excluding hydrogens is 266 g/mol. The van der Waals surface area contributed by atoms with Crippen LogP contribution in [-0.4, -0.2) is 16.2 Å². The van der Waals surface area contributed by atoms with Crippen molar-refractivity contribution in [3.8, 4) is 10.4 Å². The van der Waals surface area contributed by atoms with Gasteiger partial charge in [0.25, 0.3) is 0 Å². The minimum absolute atomic E-state index is 0.329. The molecule has 3 heteroatoms. The lowest BCUT2D eigenvalue weighted by Gasteiger charge is -2.38. The van der Waals surface area contributed by atoms with Gasteiger partial charge in [-0.2, -0.15) is 0 Å². The highest BCUT2D eigenvalue weighted by Crippen LogP contribution is 2.28. The summed E-state index contributed by atoms with van der Waals surface area (Å²) in [5.41, 5.74) is 0.168. The van der Waals surface area contributed by atoms with Gasteiger partial charge < -0.3 is 10.4 Å². The zero-order chi connectivity index (χ0) is 14.8. The Kier molecular flexibility index (Phi) is 4.33. The van der Waals surface area contributed by atoms with E-state index < -0.39 is 5.60 Å². The lowest BCUT2D eigenvalue weighted by atomic mass is 9.86. The van der Waals surface area contributed by atoms with Crippen molar-refractivity contribution in [2.24, 2.45) is 0 Å². The average Bonchev–Trinajstić information content (AvgIpc) is 2.85. The van der Waals surface area contributed by atoms with Crippen LogP contribution in [-0.2, 0) is 6.54 Å². The van der Waals surface area contributed by atoms with E-state index in [4.69, 9.17) is 0 Å². The van der Waals surface area contributed by atoms with E-state index >= 15 is 0 Å². The summed E-state index contributed by atoms with van der Waals surface area (Å²) in [5.74, 6) is 0. The van der Waals surface area contributed by atoms with E-state index in [0.717, 1.165) is 6.54 Å². The molecule has 0 spiro atoms. The topological polar surface area (TPSA) is 32.3 Å². The molecule has 0 fully saturated rings. The fourth-order valence-corrected chi connectivity index (χ4v) is 2.71. The second kappa shape index (κ2) is 5.68. The Balaban J connectivity index is 2.04. The number of benzene rings is 1. The molecule has 0 aliphatic carbocycles. The van der Waals surface area contributed by atoms with E-state index in [1.807, 2.05) is 33.8 Å². The lowest BCUT2D eigenvalue weighted by molar-refractivity contribution is -0.00520. The molecule has 0 atom stereocenters. The van der Waals surface area contributed by atoms with Crippen LogP contribution in [0.4, 0.5) is 0 Å². The Bertz CT molecular complexity index is 552. The van der Waals surface area contributed by atoms with Crippen LogP contribution in [0.15, 0.2) is 42.5 Å². The van der Waals surface area contributed by atoms with Crippen LogP contribution < -0.4 is 5.32 Å². The molecule has 1 aromatic heterocycles. The Morgan fingerprint density at radius 3 is 2.25 bits per heavy atom. The first-order valence-electron chi connectivity index (χ1n) is 6.91. The number of hydrogen-bond donors (Lipinski definition) is 2. The van der Waals surface area contributed by atoms with Gasteiger partial charge in [-0.1, -0.05) is 30.3 Å². The van der Waals surface area contributed by atoms with Crippen molar-refractivity contribution in [3.63, 3.8) is 0 Å². The zero-order valence-corrected chi connectivity index (χ0v) is 13.4. The highest BCUT2D eigenvalue weighted by molar-refractivity contribution is 7.15. The van der Waals surface area contributed by atoms with Crippen molar-refractivity contribution < 1.29 is 5.11 Å². The van der Waals surface area contributed by atoms with Gasteiger partial charge in [-0.15, -0.1) is 11.3 Å². The zero-order valence-electron chi connectivity index (χ0n) is 12.6. The van der Waals surface area contributed by atoms with Gasteiger partial charge in [0.2, 0.25) is 0 Å². The van der Waals surface area contributed by atoms with Gasteiger partial charge in [-0.3, -0.25) is 0 Å². The van der Waals surface area contributed by atoms with Gasteiger partial charge in [0, 0.05) is 21.8 Å². The van der Waals surface area contributed by atoms with E-state index in [0.29, 0.717) is 0 Å². The van der Waals surface area contributed by atoms with Gasteiger partial charge in [-0.25, -0.2) is 0 Å². The third kappa shape index (κ3) is 3.48. The van der Waals surface area contributed by atoms with Crippen molar-refractivity contribution >= 4 is 11.3 Å². The molecule has 1 heterocycles. The minimum atomic E-state index is -0.757. The molecule has 20 heavy (non-hydrogen) atoms. The molecule has 0 radical (unpaired) electrons. The van der Waals surface area contributed by atoms with Crippen molar-refractivity contribution in [1.29, 1.82) is 0 Å². The van der Waals surface area contributed by atoms with E-state index in [-0.39, 0.29) is 5.54 Å². The van der Waals surface area contributed by atoms with Gasteiger partial charge in [0.1, 0.15) is 0 Å². The number of aliphatic hydroxyl groups is 1. The predicted molar refractivity (Wildman–Crippen MR) is 87.0 cm³/mol. The molecule has 0 aliphatic rings. The normalized spacial score (nSPS) is 12.7. The van der Waals surface area contributed by atoms with Crippen LogP contribution in [0.1, 0.15) is 32.6 Å². The summed E-state index contributed by atoms with van der Waals surface area (Å²) in [4.78, 5) is 2.56. The van der Waals surface area contributed by atoms with Gasteiger partial charge in [-0.05, 0) is 45.4 Å². The maximum absolute atomic E-state index is 10.1. The summed E-state index contributed by atoms with van der Waals surface area (Å²) in [7, 11) is 0. The standard InChI is InChI=1S/C17H23NOS/c1-16(2,17(3,4)19)18-12-14-10-11-15(20-14)13-8-6-5-7-9-13/h5-11,18-19H,12H2,1-4H3. The largest absolute Gasteiger partial charge is 0.389 e. The monoisotopic (exact) mass is 289 g/mol. The number of rotatable bonds is 5. The molecule has 0 saturated carbocycles. The van der Waals surface area contributed by atoms with E-state index in [1.165, 1.54) is 15.3 Å². The first-order chi connectivity index (χ1) is 9.29. The number of nitrogens with one attached hydrogen (secondary N) is 1. The fraction of sp³-hybridized carbons (Fsp3) is 0.412. The highest BCUT2D eigenvalue weighted by Gasteiger charge is 2.34. The molecule has 0 unspecified atom stereocenters. The van der Waals surface area contributed by atoms with Crippen LogP contribution in [0.2, 0.25) is 0 Å².